The fraction of sp³-hybridized carbons (Fsp3) is 0.333. The van der Waals surface area contributed by atoms with Crippen LogP contribution in [0.15, 0.2) is 17.1 Å². The lowest BCUT2D eigenvalue weighted by atomic mass is 10.2. The molecule has 0 aromatic heterocycles. The first kappa shape index (κ1) is 14.1. The lowest BCUT2D eigenvalue weighted by Crippen LogP contribution is -2.48. The van der Waals surface area contributed by atoms with Gasteiger partial charge in [-0.3, -0.25) is 10.5 Å². The van der Waals surface area contributed by atoms with E-state index < -0.39 is 6.29 Å². The van der Waals surface area contributed by atoms with Gasteiger partial charge in [0.1, 0.15) is 6.54 Å². The van der Waals surface area contributed by atoms with Crippen LogP contribution >= 0.6 is 23.2 Å². The molecule has 0 saturated carbocycles. The highest BCUT2D eigenvalue weighted by molar-refractivity contribution is 6.42. The summed E-state index contributed by atoms with van der Waals surface area (Å²) in [5.74, 6) is -0.369. The number of rotatable bonds is 3. The highest BCUT2D eigenvalue weighted by Gasteiger charge is 2.18. The Labute approximate surface area is 120 Å². The minimum atomic E-state index is -0.644. The average Bonchev–Trinajstić information content (AvgIpc) is 2.36. The van der Waals surface area contributed by atoms with Gasteiger partial charge in [0.15, 0.2) is 6.29 Å². The first-order valence-corrected chi connectivity index (χ1v) is 6.49. The highest BCUT2D eigenvalue weighted by Crippen LogP contribution is 2.15. The van der Waals surface area contributed by atoms with Crippen molar-refractivity contribution in [3.8, 4) is 0 Å². The number of carbonyl (C=O) groups is 1. The molecule has 1 aliphatic heterocycles. The molecule has 0 fully saturated rings. The van der Waals surface area contributed by atoms with E-state index in [4.69, 9.17) is 33.7 Å². The Morgan fingerprint density at radius 2 is 2.26 bits per heavy atom. The number of fused-ring (bicyclic) bond motifs is 1. The van der Waals surface area contributed by atoms with Crippen LogP contribution in [0.25, 0.3) is 6.20 Å². The minimum Gasteiger partial charge on any atom is -0.465 e. The monoisotopic (exact) mass is 301 g/mol. The van der Waals surface area contributed by atoms with E-state index >= 15 is 0 Å². The van der Waals surface area contributed by atoms with Crippen molar-refractivity contribution >= 4 is 35.4 Å². The van der Waals surface area contributed by atoms with Crippen LogP contribution in [0.4, 0.5) is 0 Å². The molecule has 19 heavy (non-hydrogen) atoms. The van der Waals surface area contributed by atoms with Crippen molar-refractivity contribution in [3.63, 3.8) is 0 Å². The molecule has 0 amide bonds. The Hall–Kier alpha value is -1.30. The summed E-state index contributed by atoms with van der Waals surface area (Å²) < 4.78 is 4.88. The van der Waals surface area contributed by atoms with Crippen molar-refractivity contribution in [2.45, 2.75) is 13.2 Å². The van der Waals surface area contributed by atoms with E-state index in [1.165, 1.54) is 0 Å². The standard InChI is InChI=1S/C12H13Cl2N3O2/c1-2-19-10(18)6-17-5-7-9(16-12(17)15)4-3-8(13)11(7)14/h3-5,12H,2,6,15H2,1H3. The number of hydrogen-bond acceptors (Lipinski definition) is 5. The number of nitrogens with two attached hydrogens (primary N) is 1. The van der Waals surface area contributed by atoms with Gasteiger partial charge in [-0.1, -0.05) is 23.2 Å². The zero-order valence-electron chi connectivity index (χ0n) is 10.3. The third kappa shape index (κ3) is 3.00. The fourth-order valence-electron chi connectivity index (χ4n) is 1.75. The maximum atomic E-state index is 11.5. The van der Waals surface area contributed by atoms with E-state index in [0.717, 1.165) is 0 Å². The predicted octanol–water partition coefficient (Wildman–Crippen LogP) is 0.472. The van der Waals surface area contributed by atoms with Crippen molar-refractivity contribution in [1.82, 2.24) is 4.90 Å². The van der Waals surface area contributed by atoms with Crippen LogP contribution in [0.2, 0.25) is 10.0 Å². The van der Waals surface area contributed by atoms with Gasteiger partial charge in [0.2, 0.25) is 0 Å². The van der Waals surface area contributed by atoms with Gasteiger partial charge in [0, 0.05) is 11.4 Å². The number of carbonyl (C=O) groups excluding carboxylic acids is 1. The Kier molecular flexibility index (Phi) is 4.29. The van der Waals surface area contributed by atoms with Gasteiger partial charge in [0.25, 0.3) is 0 Å². The van der Waals surface area contributed by atoms with Crippen LogP contribution in [0.3, 0.4) is 0 Å². The average molecular weight is 302 g/mol. The number of hydrogen-bond donors (Lipinski definition) is 1. The van der Waals surface area contributed by atoms with Gasteiger partial charge in [-0.05, 0) is 19.1 Å². The molecule has 1 atom stereocenters. The smallest absolute Gasteiger partial charge is 0.325 e. The second-order valence-electron chi connectivity index (χ2n) is 3.94. The summed E-state index contributed by atoms with van der Waals surface area (Å²) in [6.07, 6.45) is 1.03. The van der Waals surface area contributed by atoms with Crippen LogP contribution in [-0.2, 0) is 9.53 Å². The second kappa shape index (κ2) is 5.77. The Balaban J connectivity index is 2.37. The van der Waals surface area contributed by atoms with Crippen molar-refractivity contribution < 1.29 is 9.53 Å². The van der Waals surface area contributed by atoms with E-state index in [-0.39, 0.29) is 12.5 Å². The van der Waals surface area contributed by atoms with Crippen molar-refractivity contribution in [2.75, 3.05) is 13.2 Å². The molecule has 102 valence electrons. The molecule has 1 aromatic rings. The van der Waals surface area contributed by atoms with Crippen molar-refractivity contribution in [3.05, 3.63) is 32.8 Å². The van der Waals surface area contributed by atoms with Crippen LogP contribution in [-0.4, -0.2) is 30.3 Å². The second-order valence-corrected chi connectivity index (χ2v) is 4.73. The SMILES string of the molecule is CCOC(=O)CN1C=c2c(Cl)c(Cl)ccc2=NC1N. The first-order chi connectivity index (χ1) is 9.02. The Morgan fingerprint density at radius 3 is 2.95 bits per heavy atom. The van der Waals surface area contributed by atoms with Crippen molar-refractivity contribution in [1.29, 1.82) is 0 Å². The van der Waals surface area contributed by atoms with Crippen LogP contribution in [0, 0.1) is 0 Å². The topological polar surface area (TPSA) is 67.9 Å². The molecule has 0 bridgehead atoms. The van der Waals surface area contributed by atoms with Gasteiger partial charge in [-0.15, -0.1) is 0 Å². The summed E-state index contributed by atoms with van der Waals surface area (Å²) in [4.78, 5) is 17.3. The highest BCUT2D eigenvalue weighted by atomic mass is 35.5. The Bertz CT molecular complexity index is 618. The molecule has 2 rings (SSSR count). The maximum Gasteiger partial charge on any atom is 0.325 e. The molecule has 1 unspecified atom stereocenters. The van der Waals surface area contributed by atoms with Crippen LogP contribution in [0.5, 0.6) is 0 Å². The summed E-state index contributed by atoms with van der Waals surface area (Å²) in [5.41, 5.74) is 5.87. The van der Waals surface area contributed by atoms with E-state index in [2.05, 4.69) is 4.99 Å². The molecule has 1 aromatic carbocycles. The molecule has 5 nitrogen and oxygen atoms in total. The van der Waals surface area contributed by atoms with E-state index in [1.54, 1.807) is 30.2 Å². The van der Waals surface area contributed by atoms with Gasteiger partial charge in [0.05, 0.1) is 22.0 Å². The molecule has 0 radical (unpaired) electrons. The maximum absolute atomic E-state index is 11.5. The summed E-state index contributed by atoms with van der Waals surface area (Å²) in [7, 11) is 0. The third-order valence-corrected chi connectivity index (χ3v) is 3.45. The molecule has 0 aliphatic carbocycles. The number of halogens is 2. The molecule has 2 N–H and O–H groups in total. The third-order valence-electron chi connectivity index (χ3n) is 2.63. The zero-order chi connectivity index (χ0) is 14.0. The molecule has 1 heterocycles. The van der Waals surface area contributed by atoms with Crippen molar-refractivity contribution in [2.24, 2.45) is 10.7 Å². The normalized spacial score (nSPS) is 17.3. The molecular formula is C12H13Cl2N3O2. The molecule has 1 aliphatic rings. The number of ether oxygens (including phenoxy) is 1. The molecule has 0 spiro atoms. The van der Waals surface area contributed by atoms with Gasteiger partial charge < -0.3 is 9.64 Å². The fourth-order valence-corrected chi connectivity index (χ4v) is 2.12. The van der Waals surface area contributed by atoms with Gasteiger partial charge >= 0.3 is 5.97 Å². The lowest BCUT2D eigenvalue weighted by Gasteiger charge is -2.26. The summed E-state index contributed by atoms with van der Waals surface area (Å²) in [6, 6.07) is 3.40. The molecular weight excluding hydrogens is 289 g/mol. The van der Waals surface area contributed by atoms with Gasteiger partial charge in [-0.25, -0.2) is 4.99 Å². The van der Waals surface area contributed by atoms with Crippen LogP contribution in [0.1, 0.15) is 6.92 Å². The predicted molar refractivity (Wildman–Crippen MR) is 73.0 cm³/mol. The zero-order valence-corrected chi connectivity index (χ0v) is 11.8. The number of esters is 1. The number of benzene rings is 1. The Morgan fingerprint density at radius 1 is 1.53 bits per heavy atom. The number of nitrogens with zero attached hydrogens (tertiary/aromatic N) is 2. The van der Waals surface area contributed by atoms with Crippen LogP contribution < -0.4 is 16.3 Å². The largest absolute Gasteiger partial charge is 0.465 e. The van der Waals surface area contributed by atoms with E-state index in [9.17, 15) is 4.79 Å². The summed E-state index contributed by atoms with van der Waals surface area (Å²) >= 11 is 12.1. The quantitative estimate of drug-likeness (QED) is 0.824. The minimum absolute atomic E-state index is 0.0147. The first-order valence-electron chi connectivity index (χ1n) is 5.73. The van der Waals surface area contributed by atoms with Gasteiger partial charge in [-0.2, -0.15) is 0 Å². The molecule has 0 saturated heterocycles. The summed E-state index contributed by atoms with van der Waals surface area (Å²) in [6.45, 7) is 2.08. The molecule has 7 heteroatoms. The van der Waals surface area contributed by atoms with E-state index in [1.807, 2.05) is 0 Å². The lowest BCUT2D eigenvalue weighted by molar-refractivity contribution is -0.143. The summed E-state index contributed by atoms with van der Waals surface area (Å²) in [5, 5.41) is 2.13. The van der Waals surface area contributed by atoms with E-state index in [0.29, 0.717) is 27.2 Å².